The number of nitrogens with zero attached hydrogens (tertiary/aromatic N) is 3. The third-order valence-electron chi connectivity index (χ3n) is 2.67. The monoisotopic (exact) mass is 315 g/mol. The van der Waals surface area contributed by atoms with Crippen LogP contribution in [0.25, 0.3) is 0 Å². The quantitative estimate of drug-likeness (QED) is 0.811. The van der Waals surface area contributed by atoms with E-state index in [1.807, 2.05) is 6.07 Å². The van der Waals surface area contributed by atoms with E-state index in [9.17, 15) is 4.79 Å². The first kappa shape index (κ1) is 15.8. The molecule has 0 radical (unpaired) electrons. The molecule has 114 valence electrons. The van der Waals surface area contributed by atoms with Gasteiger partial charge in [0.1, 0.15) is 11.6 Å². The topological polar surface area (TPSA) is 83.6 Å². The van der Waals surface area contributed by atoms with Crippen LogP contribution in [0.2, 0.25) is 0 Å². The molecule has 0 unspecified atom stereocenters. The van der Waals surface area contributed by atoms with Gasteiger partial charge in [0, 0.05) is 18.8 Å². The lowest BCUT2D eigenvalue weighted by atomic mass is 10.4. The summed E-state index contributed by atoms with van der Waals surface area (Å²) in [6.07, 6.45) is 5.02. The number of thioether (sulfide) groups is 1. The summed E-state index contributed by atoms with van der Waals surface area (Å²) in [5.74, 6) is 1.09. The van der Waals surface area contributed by atoms with Gasteiger partial charge in [0.2, 0.25) is 5.91 Å². The molecule has 0 saturated carbocycles. The van der Waals surface area contributed by atoms with Gasteiger partial charge in [0.15, 0.2) is 5.17 Å². The van der Waals surface area contributed by atoms with Crippen molar-refractivity contribution >= 4 is 28.7 Å². The van der Waals surface area contributed by atoms with Crippen molar-refractivity contribution in [1.29, 1.82) is 0 Å². The first-order valence-electron chi connectivity index (χ1n) is 6.57. The molecular weight excluding hydrogens is 298 g/mol. The van der Waals surface area contributed by atoms with E-state index in [1.54, 1.807) is 35.4 Å². The maximum Gasteiger partial charge on any atom is 0.236 e. The third kappa shape index (κ3) is 4.23. The molecule has 0 spiro atoms. The number of amides is 1. The number of aromatic nitrogens is 1. The second-order valence-corrected chi connectivity index (χ2v) is 5.35. The predicted octanol–water partition coefficient (Wildman–Crippen LogP) is 1.92. The maximum absolute atomic E-state index is 11.9. The lowest BCUT2D eigenvalue weighted by molar-refractivity contribution is -0.113. The van der Waals surface area contributed by atoms with Gasteiger partial charge in [-0.15, -0.1) is 6.58 Å². The number of rotatable bonds is 5. The molecule has 1 aromatic rings. The summed E-state index contributed by atoms with van der Waals surface area (Å²) in [6.45, 7) is 8.00. The fourth-order valence-electron chi connectivity index (χ4n) is 1.74. The molecule has 2 rings (SSSR count). The average Bonchev–Trinajstić information content (AvgIpc) is 2.49. The van der Waals surface area contributed by atoms with Gasteiger partial charge in [-0.1, -0.05) is 30.5 Å². The number of aliphatic imine (C=N–C) groups is 1. The lowest BCUT2D eigenvalue weighted by Crippen LogP contribution is -2.35. The van der Waals surface area contributed by atoms with Crippen LogP contribution in [-0.4, -0.2) is 33.3 Å². The van der Waals surface area contributed by atoms with E-state index in [2.05, 4.69) is 28.5 Å². The molecule has 1 aromatic heterocycles. The van der Waals surface area contributed by atoms with Gasteiger partial charge in [-0.25, -0.2) is 9.98 Å². The molecule has 1 amide bonds. The molecule has 1 aliphatic rings. The molecule has 0 aromatic carbocycles. The minimum absolute atomic E-state index is 0.163. The van der Waals surface area contributed by atoms with Crippen molar-refractivity contribution in [2.75, 3.05) is 17.6 Å². The Labute approximate surface area is 133 Å². The Morgan fingerprint density at radius 2 is 2.32 bits per heavy atom. The summed E-state index contributed by atoms with van der Waals surface area (Å²) in [7, 11) is 0. The summed E-state index contributed by atoms with van der Waals surface area (Å²) in [6, 6.07) is 5.32. The Morgan fingerprint density at radius 1 is 1.50 bits per heavy atom. The number of carbonyl (C=O) groups excluding carboxylic acids is 1. The molecule has 0 aliphatic carbocycles. The molecule has 0 atom stereocenters. The van der Waals surface area contributed by atoms with Crippen LogP contribution in [0.1, 0.15) is 0 Å². The zero-order valence-corrected chi connectivity index (χ0v) is 12.8. The maximum atomic E-state index is 11.9. The molecule has 2 heterocycles. The number of amidine groups is 1. The highest BCUT2D eigenvalue weighted by molar-refractivity contribution is 8.14. The second-order valence-electron chi connectivity index (χ2n) is 4.41. The summed E-state index contributed by atoms with van der Waals surface area (Å²) in [4.78, 5) is 22.1. The first-order chi connectivity index (χ1) is 10.6. The molecule has 1 aliphatic heterocycles. The van der Waals surface area contributed by atoms with Crippen molar-refractivity contribution in [3.05, 3.63) is 61.2 Å². The number of anilines is 1. The number of pyridine rings is 1. The summed E-state index contributed by atoms with van der Waals surface area (Å²) < 4.78 is 0. The van der Waals surface area contributed by atoms with Crippen molar-refractivity contribution in [1.82, 2.24) is 9.88 Å². The number of allylic oxidation sites excluding steroid dienone is 1. The molecule has 0 saturated heterocycles. The highest BCUT2D eigenvalue weighted by Gasteiger charge is 2.19. The standard InChI is InChI=1S/C15H17N5OS/c1-3-8-20-12(16)9-11(2)18-15(20)22-10-14(21)19-13-6-4-5-7-17-13/h3-7,9H,1-2,8,10,16H2,(H,17,19,21). The normalized spacial score (nSPS) is 14.2. The van der Waals surface area contributed by atoms with E-state index >= 15 is 0 Å². The molecule has 22 heavy (non-hydrogen) atoms. The van der Waals surface area contributed by atoms with Crippen molar-refractivity contribution in [3.63, 3.8) is 0 Å². The van der Waals surface area contributed by atoms with Crippen LogP contribution in [0.15, 0.2) is 66.2 Å². The van der Waals surface area contributed by atoms with E-state index in [-0.39, 0.29) is 11.7 Å². The highest BCUT2D eigenvalue weighted by atomic mass is 32.2. The Hall–Kier alpha value is -2.54. The largest absolute Gasteiger partial charge is 0.385 e. The molecule has 3 N–H and O–H groups in total. The van der Waals surface area contributed by atoms with E-state index in [0.29, 0.717) is 29.0 Å². The SMILES string of the molecule is C=CCN1C(N)=CC(=C)N=C1SCC(=O)Nc1ccccn1. The number of nitrogens with two attached hydrogens (primary N) is 1. The van der Waals surface area contributed by atoms with E-state index in [0.717, 1.165) is 0 Å². The van der Waals surface area contributed by atoms with Crippen LogP contribution in [0.5, 0.6) is 0 Å². The molecule has 0 fully saturated rings. The van der Waals surface area contributed by atoms with Gasteiger partial charge in [-0.05, 0) is 12.1 Å². The Kier molecular flexibility index (Phi) is 5.37. The summed E-state index contributed by atoms with van der Waals surface area (Å²) >= 11 is 1.29. The average molecular weight is 315 g/mol. The third-order valence-corrected chi connectivity index (χ3v) is 3.65. The predicted molar refractivity (Wildman–Crippen MR) is 91.1 cm³/mol. The fourth-order valence-corrected chi connectivity index (χ4v) is 2.59. The van der Waals surface area contributed by atoms with Gasteiger partial charge in [-0.2, -0.15) is 0 Å². The van der Waals surface area contributed by atoms with Crippen LogP contribution >= 0.6 is 11.8 Å². The first-order valence-corrected chi connectivity index (χ1v) is 7.55. The Bertz CT molecular complexity index is 639. The van der Waals surface area contributed by atoms with Gasteiger partial charge in [0.05, 0.1) is 11.4 Å². The summed E-state index contributed by atoms with van der Waals surface area (Å²) in [5, 5.41) is 3.34. The van der Waals surface area contributed by atoms with Gasteiger partial charge in [-0.3, -0.25) is 4.79 Å². The van der Waals surface area contributed by atoms with Crippen LogP contribution < -0.4 is 11.1 Å². The lowest BCUT2D eigenvalue weighted by Gasteiger charge is -2.27. The number of nitrogens with one attached hydrogen (secondary N) is 1. The van der Waals surface area contributed by atoms with Crippen molar-refractivity contribution in [2.24, 2.45) is 10.7 Å². The summed E-state index contributed by atoms with van der Waals surface area (Å²) in [5.41, 5.74) is 6.51. The molecular formula is C15H17N5OS. The number of hydrogen-bond donors (Lipinski definition) is 2. The van der Waals surface area contributed by atoms with Crippen molar-refractivity contribution in [3.8, 4) is 0 Å². The molecule has 6 nitrogen and oxygen atoms in total. The molecule has 0 bridgehead atoms. The minimum Gasteiger partial charge on any atom is -0.385 e. The molecule has 7 heteroatoms. The van der Waals surface area contributed by atoms with Crippen molar-refractivity contribution < 1.29 is 4.79 Å². The fraction of sp³-hybridized carbons (Fsp3) is 0.133. The zero-order chi connectivity index (χ0) is 15.9. The van der Waals surface area contributed by atoms with Crippen LogP contribution in [0.4, 0.5) is 5.82 Å². The smallest absolute Gasteiger partial charge is 0.236 e. The van der Waals surface area contributed by atoms with Crippen LogP contribution in [0, 0.1) is 0 Å². The van der Waals surface area contributed by atoms with E-state index < -0.39 is 0 Å². The Balaban J connectivity index is 1.95. The van der Waals surface area contributed by atoms with Crippen molar-refractivity contribution in [2.45, 2.75) is 0 Å². The highest BCUT2D eigenvalue weighted by Crippen LogP contribution is 2.20. The second kappa shape index (κ2) is 7.46. The van der Waals surface area contributed by atoms with Gasteiger partial charge < -0.3 is 16.0 Å². The van der Waals surface area contributed by atoms with E-state index in [1.165, 1.54) is 11.8 Å². The number of carbonyl (C=O) groups is 1. The van der Waals surface area contributed by atoms with Gasteiger partial charge >= 0.3 is 0 Å². The Morgan fingerprint density at radius 3 is 3.00 bits per heavy atom. The number of hydrogen-bond acceptors (Lipinski definition) is 6. The zero-order valence-electron chi connectivity index (χ0n) is 12.0. The van der Waals surface area contributed by atoms with Crippen LogP contribution in [-0.2, 0) is 4.79 Å². The van der Waals surface area contributed by atoms with Gasteiger partial charge in [0.25, 0.3) is 0 Å². The minimum atomic E-state index is -0.163. The van der Waals surface area contributed by atoms with E-state index in [4.69, 9.17) is 5.73 Å². The van der Waals surface area contributed by atoms with Crippen LogP contribution in [0.3, 0.4) is 0 Å².